The van der Waals surface area contributed by atoms with Crippen molar-refractivity contribution in [3.05, 3.63) is 79.9 Å². The summed E-state index contributed by atoms with van der Waals surface area (Å²) >= 11 is 4.47. The van der Waals surface area contributed by atoms with Crippen molar-refractivity contribution in [2.45, 2.75) is 43.9 Å². The van der Waals surface area contributed by atoms with E-state index in [9.17, 15) is 34.6 Å². The number of nitro groups is 2. The highest BCUT2D eigenvalue weighted by molar-refractivity contribution is 7.81. The molecule has 0 spiro atoms. The second kappa shape index (κ2) is 12.8. The maximum Gasteiger partial charge on any atom is 0.410 e. The molecule has 2 aromatic rings. The molecule has 0 radical (unpaired) electrons. The highest BCUT2D eigenvalue weighted by Gasteiger charge is 2.42. The Morgan fingerprint density at radius 2 is 1.32 bits per heavy atom. The molecule has 14 nitrogen and oxygen atoms in total. The Kier molecular flexibility index (Phi) is 9.27. The molecule has 2 aromatic carbocycles. The molecule has 0 aliphatic carbocycles. The summed E-state index contributed by atoms with van der Waals surface area (Å²) in [5, 5.41) is 21.4. The van der Waals surface area contributed by atoms with Gasteiger partial charge in [-0.2, -0.15) is 12.6 Å². The van der Waals surface area contributed by atoms with E-state index in [1.54, 1.807) is 11.8 Å². The maximum absolute atomic E-state index is 13.4. The number of piperazine rings is 1. The molecule has 3 amide bonds. The van der Waals surface area contributed by atoms with E-state index in [-0.39, 0.29) is 68.0 Å². The monoisotopic (exact) mass is 587 g/mol. The highest BCUT2D eigenvalue weighted by atomic mass is 32.1. The van der Waals surface area contributed by atoms with Gasteiger partial charge in [0.25, 0.3) is 11.4 Å². The van der Waals surface area contributed by atoms with Crippen molar-refractivity contribution in [2.75, 3.05) is 26.2 Å². The lowest BCUT2D eigenvalue weighted by Gasteiger charge is -2.40. The van der Waals surface area contributed by atoms with Crippen LogP contribution in [0.1, 0.15) is 24.5 Å². The molecule has 2 aliphatic heterocycles. The van der Waals surface area contributed by atoms with Crippen LogP contribution in [-0.4, -0.2) is 86.2 Å². The first kappa shape index (κ1) is 29.6. The van der Waals surface area contributed by atoms with Gasteiger partial charge in [-0.1, -0.05) is 0 Å². The highest BCUT2D eigenvalue weighted by Crippen LogP contribution is 2.26. The molecule has 0 aromatic heterocycles. The predicted molar refractivity (Wildman–Crippen MR) is 147 cm³/mol. The molecule has 2 aliphatic rings. The molecule has 3 atom stereocenters. The lowest BCUT2D eigenvalue weighted by atomic mass is 10.1. The minimum atomic E-state index is -0.769. The van der Waals surface area contributed by atoms with E-state index in [1.165, 1.54) is 58.3 Å². The summed E-state index contributed by atoms with van der Waals surface area (Å²) in [6.07, 6.45) is -0.893. The minimum Gasteiger partial charge on any atom is -0.445 e. The number of rotatable bonds is 7. The van der Waals surface area contributed by atoms with Crippen LogP contribution in [-0.2, 0) is 27.5 Å². The quantitative estimate of drug-likeness (QED) is 0.290. The summed E-state index contributed by atoms with van der Waals surface area (Å²) in [7, 11) is 0. The van der Waals surface area contributed by atoms with E-state index < -0.39 is 28.1 Å². The van der Waals surface area contributed by atoms with E-state index >= 15 is 0 Å². The van der Waals surface area contributed by atoms with Gasteiger partial charge in [0.15, 0.2) is 0 Å². The Bertz CT molecular complexity index is 1310. The number of nitrogens with zero attached hydrogens (tertiary/aromatic N) is 5. The van der Waals surface area contributed by atoms with Crippen LogP contribution in [0.2, 0.25) is 0 Å². The molecule has 41 heavy (non-hydrogen) atoms. The van der Waals surface area contributed by atoms with Crippen molar-refractivity contribution in [1.29, 1.82) is 0 Å². The van der Waals surface area contributed by atoms with E-state index in [0.717, 1.165) is 0 Å². The second-order valence-electron chi connectivity index (χ2n) is 9.84. The van der Waals surface area contributed by atoms with Crippen LogP contribution in [0.25, 0.3) is 0 Å². The summed E-state index contributed by atoms with van der Waals surface area (Å²) < 4.78 is 10.8. The van der Waals surface area contributed by atoms with E-state index in [1.807, 2.05) is 0 Å². The molecular formula is C26H29N5O9S. The summed E-state index contributed by atoms with van der Waals surface area (Å²) in [4.78, 5) is 64.1. The third kappa shape index (κ3) is 7.22. The average molecular weight is 588 g/mol. The van der Waals surface area contributed by atoms with Crippen LogP contribution in [0.5, 0.6) is 0 Å². The molecule has 0 N–H and O–H groups in total. The Morgan fingerprint density at radius 3 is 1.78 bits per heavy atom. The number of hydrogen-bond donors (Lipinski definition) is 1. The Labute approximate surface area is 240 Å². The molecule has 2 fully saturated rings. The number of carbonyl (C=O) groups is 3. The number of nitro benzene ring substituents is 2. The first-order valence-electron chi connectivity index (χ1n) is 12.8. The van der Waals surface area contributed by atoms with E-state index in [2.05, 4.69) is 12.6 Å². The molecule has 218 valence electrons. The maximum atomic E-state index is 13.4. The Hall–Kier alpha value is -4.40. The number of ether oxygens (including phenoxy) is 2. The van der Waals surface area contributed by atoms with Crippen molar-refractivity contribution >= 4 is 42.1 Å². The lowest BCUT2D eigenvalue weighted by molar-refractivity contribution is -0.385. The Balaban J connectivity index is 1.29. The fourth-order valence-electron chi connectivity index (χ4n) is 4.77. The van der Waals surface area contributed by atoms with Gasteiger partial charge in [-0.05, 0) is 48.7 Å². The van der Waals surface area contributed by atoms with Crippen LogP contribution in [0.4, 0.5) is 21.0 Å². The molecule has 4 rings (SSSR count). The largest absolute Gasteiger partial charge is 0.445 e. The lowest BCUT2D eigenvalue weighted by Crippen LogP contribution is -2.58. The standard InChI is InChI=1S/C26H29N5O9S/c1-17-13-27(10-11-28(17)25(33)39-15-18-2-6-20(7-3-18)30(35)36)24(32)23-12-22(41)14-29(23)26(34)40-16-19-4-8-21(9-5-19)31(37)38/h2-9,17,22-23,41H,10-16H2,1H3/t17-,22+,23+/m1/s1. The van der Waals surface area contributed by atoms with Gasteiger partial charge in [0.2, 0.25) is 5.91 Å². The summed E-state index contributed by atoms with van der Waals surface area (Å²) in [6.45, 7) is 2.57. The van der Waals surface area contributed by atoms with Crippen molar-refractivity contribution in [3.63, 3.8) is 0 Å². The van der Waals surface area contributed by atoms with E-state index in [0.29, 0.717) is 17.5 Å². The molecule has 0 saturated carbocycles. The third-order valence-corrected chi connectivity index (χ3v) is 7.37. The SMILES string of the molecule is C[C@@H]1CN(C(=O)[C@@H]2C[C@H](S)CN2C(=O)OCc2ccc([N+](=O)[O-])cc2)CCN1C(=O)OCc1ccc([N+](=O)[O-])cc1. The third-order valence-electron chi connectivity index (χ3n) is 6.99. The first-order valence-corrected chi connectivity index (χ1v) is 13.4. The topological polar surface area (TPSA) is 166 Å². The number of likely N-dealkylation sites (tertiary alicyclic amines) is 1. The molecule has 0 bridgehead atoms. The van der Waals surface area contributed by atoms with Crippen molar-refractivity contribution < 1.29 is 33.7 Å². The number of non-ortho nitro benzene ring substituents is 2. The minimum absolute atomic E-state index is 0.0506. The fraction of sp³-hybridized carbons (Fsp3) is 0.423. The molecular weight excluding hydrogens is 558 g/mol. The van der Waals surface area contributed by atoms with Crippen molar-refractivity contribution in [3.8, 4) is 0 Å². The summed E-state index contributed by atoms with van der Waals surface area (Å²) in [5.74, 6) is -0.264. The number of benzene rings is 2. The van der Waals surface area contributed by atoms with Crippen molar-refractivity contribution in [2.24, 2.45) is 0 Å². The van der Waals surface area contributed by atoms with Gasteiger partial charge in [-0.25, -0.2) is 9.59 Å². The zero-order valence-corrected chi connectivity index (χ0v) is 23.1. The van der Waals surface area contributed by atoms with Gasteiger partial charge in [0.1, 0.15) is 19.3 Å². The number of hydrogen-bond acceptors (Lipinski definition) is 10. The smallest absolute Gasteiger partial charge is 0.410 e. The van der Waals surface area contributed by atoms with Crippen LogP contribution in [0, 0.1) is 20.2 Å². The average Bonchev–Trinajstić information content (AvgIpc) is 3.36. The van der Waals surface area contributed by atoms with Crippen LogP contribution in [0.3, 0.4) is 0 Å². The van der Waals surface area contributed by atoms with Crippen LogP contribution >= 0.6 is 12.6 Å². The summed E-state index contributed by atoms with van der Waals surface area (Å²) in [6, 6.07) is 10.2. The van der Waals surface area contributed by atoms with Gasteiger partial charge in [0.05, 0.1) is 9.85 Å². The van der Waals surface area contributed by atoms with Gasteiger partial charge in [-0.3, -0.25) is 29.9 Å². The number of thiol groups is 1. The zero-order valence-electron chi connectivity index (χ0n) is 22.2. The van der Waals surface area contributed by atoms with Crippen LogP contribution in [0.15, 0.2) is 48.5 Å². The van der Waals surface area contributed by atoms with Gasteiger partial charge in [0, 0.05) is 61.7 Å². The van der Waals surface area contributed by atoms with E-state index in [4.69, 9.17) is 9.47 Å². The Morgan fingerprint density at radius 1 is 0.829 bits per heavy atom. The van der Waals surface area contributed by atoms with Gasteiger partial charge >= 0.3 is 12.2 Å². The molecule has 0 unspecified atom stereocenters. The number of amides is 3. The van der Waals surface area contributed by atoms with Crippen molar-refractivity contribution in [1.82, 2.24) is 14.7 Å². The normalized spacial score (nSPS) is 20.4. The van der Waals surface area contributed by atoms with Gasteiger partial charge < -0.3 is 19.3 Å². The fourth-order valence-corrected chi connectivity index (χ4v) is 5.15. The second-order valence-corrected chi connectivity index (χ2v) is 10.6. The van der Waals surface area contributed by atoms with Gasteiger partial charge in [-0.15, -0.1) is 0 Å². The first-order chi connectivity index (χ1) is 19.5. The zero-order chi connectivity index (χ0) is 29.7. The molecule has 15 heteroatoms. The molecule has 2 heterocycles. The number of carbonyl (C=O) groups excluding carboxylic acids is 3. The molecule has 2 saturated heterocycles. The summed E-state index contributed by atoms with van der Waals surface area (Å²) in [5.41, 5.74) is 1.04. The van der Waals surface area contributed by atoms with Crippen LogP contribution < -0.4 is 0 Å². The predicted octanol–water partition coefficient (Wildman–Crippen LogP) is 3.38.